The Labute approximate surface area is 150 Å². The fraction of sp³-hybridized carbons (Fsp3) is 0.600. The van der Waals surface area contributed by atoms with E-state index in [9.17, 15) is 9.59 Å². The molecule has 0 aromatic heterocycles. The van der Waals surface area contributed by atoms with Crippen molar-refractivity contribution >= 4 is 11.8 Å². The molecular weight excluding hydrogens is 316 g/mol. The van der Waals surface area contributed by atoms with Crippen LogP contribution in [-0.2, 0) is 16.0 Å². The van der Waals surface area contributed by atoms with E-state index in [-0.39, 0.29) is 23.7 Å². The Morgan fingerprint density at radius 2 is 1.96 bits per heavy atom. The summed E-state index contributed by atoms with van der Waals surface area (Å²) in [6.07, 6.45) is 2.25. The molecule has 138 valence electrons. The molecule has 1 N–H and O–H groups in total. The highest BCUT2D eigenvalue weighted by Gasteiger charge is 2.27. The highest BCUT2D eigenvalue weighted by Crippen LogP contribution is 2.21. The molecule has 0 aliphatic carbocycles. The van der Waals surface area contributed by atoms with Crippen molar-refractivity contribution in [3.63, 3.8) is 0 Å². The Morgan fingerprint density at radius 1 is 1.28 bits per heavy atom. The fourth-order valence-corrected chi connectivity index (χ4v) is 3.29. The molecule has 25 heavy (non-hydrogen) atoms. The third kappa shape index (κ3) is 5.21. The molecule has 5 nitrogen and oxygen atoms in total. The average Bonchev–Trinajstić information content (AvgIpc) is 2.61. The monoisotopic (exact) mass is 346 g/mol. The predicted molar refractivity (Wildman–Crippen MR) is 98.6 cm³/mol. The van der Waals surface area contributed by atoms with Gasteiger partial charge in [-0.15, -0.1) is 0 Å². The van der Waals surface area contributed by atoms with E-state index in [4.69, 9.17) is 4.74 Å². The van der Waals surface area contributed by atoms with Gasteiger partial charge in [-0.2, -0.15) is 0 Å². The number of ether oxygens (including phenoxy) is 1. The quantitative estimate of drug-likeness (QED) is 0.861. The van der Waals surface area contributed by atoms with Crippen molar-refractivity contribution in [1.29, 1.82) is 0 Å². The zero-order valence-electron chi connectivity index (χ0n) is 15.8. The molecule has 0 spiro atoms. The number of likely N-dealkylation sites (tertiary alicyclic amines) is 1. The van der Waals surface area contributed by atoms with E-state index in [1.54, 1.807) is 7.11 Å². The lowest BCUT2D eigenvalue weighted by Crippen LogP contribution is -2.44. The van der Waals surface area contributed by atoms with Crippen molar-refractivity contribution in [2.24, 2.45) is 11.8 Å². The van der Waals surface area contributed by atoms with Crippen molar-refractivity contribution in [1.82, 2.24) is 10.2 Å². The first-order valence-corrected chi connectivity index (χ1v) is 9.12. The van der Waals surface area contributed by atoms with Crippen molar-refractivity contribution in [3.05, 3.63) is 29.3 Å². The Hall–Kier alpha value is -2.04. The minimum atomic E-state index is 0.00983. The normalized spacial score (nSPS) is 15.3. The van der Waals surface area contributed by atoms with Gasteiger partial charge in [0.1, 0.15) is 5.75 Å². The van der Waals surface area contributed by atoms with Crippen LogP contribution in [0.2, 0.25) is 0 Å². The Bertz CT molecular complexity index is 605. The summed E-state index contributed by atoms with van der Waals surface area (Å²) in [5.74, 6) is 1.18. The SMILES string of the molecule is COc1ccc(C)cc1CCNC(=O)C1CCN(C(=O)C(C)C)CC1. The van der Waals surface area contributed by atoms with Gasteiger partial charge >= 0.3 is 0 Å². The van der Waals surface area contributed by atoms with Gasteiger partial charge in [-0.1, -0.05) is 31.5 Å². The van der Waals surface area contributed by atoms with Gasteiger partial charge in [0.2, 0.25) is 11.8 Å². The fourth-order valence-electron chi connectivity index (χ4n) is 3.29. The number of nitrogens with zero attached hydrogens (tertiary/aromatic N) is 1. The van der Waals surface area contributed by atoms with Gasteiger partial charge in [0, 0.05) is 31.5 Å². The molecular formula is C20H30N2O3. The highest BCUT2D eigenvalue weighted by molar-refractivity contribution is 5.80. The van der Waals surface area contributed by atoms with Gasteiger partial charge in [0.15, 0.2) is 0 Å². The maximum Gasteiger partial charge on any atom is 0.225 e. The first kappa shape index (κ1) is 19.3. The van der Waals surface area contributed by atoms with Crippen LogP contribution in [0, 0.1) is 18.8 Å². The zero-order valence-corrected chi connectivity index (χ0v) is 15.8. The number of carbonyl (C=O) groups is 2. The van der Waals surface area contributed by atoms with Gasteiger partial charge in [-0.3, -0.25) is 9.59 Å². The van der Waals surface area contributed by atoms with Crippen LogP contribution < -0.4 is 10.1 Å². The summed E-state index contributed by atoms with van der Waals surface area (Å²) >= 11 is 0. The summed E-state index contributed by atoms with van der Waals surface area (Å²) in [5, 5.41) is 3.04. The molecule has 0 radical (unpaired) electrons. The van der Waals surface area contributed by atoms with E-state index < -0.39 is 0 Å². The van der Waals surface area contributed by atoms with Crippen molar-refractivity contribution in [3.8, 4) is 5.75 Å². The third-order valence-electron chi connectivity index (χ3n) is 4.80. The highest BCUT2D eigenvalue weighted by atomic mass is 16.5. The summed E-state index contributed by atoms with van der Waals surface area (Å²) in [6.45, 7) is 7.85. The second-order valence-corrected chi connectivity index (χ2v) is 7.11. The minimum absolute atomic E-state index is 0.00983. The smallest absolute Gasteiger partial charge is 0.225 e. The molecule has 0 atom stereocenters. The molecule has 1 aromatic rings. The van der Waals surface area contributed by atoms with Crippen LogP contribution in [-0.4, -0.2) is 43.5 Å². The molecule has 5 heteroatoms. The van der Waals surface area contributed by atoms with Crippen LogP contribution >= 0.6 is 0 Å². The largest absolute Gasteiger partial charge is 0.496 e. The van der Waals surface area contributed by atoms with E-state index in [1.165, 1.54) is 5.56 Å². The minimum Gasteiger partial charge on any atom is -0.496 e. The van der Waals surface area contributed by atoms with E-state index in [2.05, 4.69) is 11.4 Å². The molecule has 1 fully saturated rings. The van der Waals surface area contributed by atoms with Gasteiger partial charge < -0.3 is 15.0 Å². The lowest BCUT2D eigenvalue weighted by atomic mass is 9.95. The average molecular weight is 346 g/mol. The van der Waals surface area contributed by atoms with Crippen molar-refractivity contribution in [2.75, 3.05) is 26.7 Å². The molecule has 2 rings (SSSR count). The van der Waals surface area contributed by atoms with E-state index in [1.807, 2.05) is 37.8 Å². The maximum absolute atomic E-state index is 12.4. The molecule has 0 bridgehead atoms. The Balaban J connectivity index is 1.78. The zero-order chi connectivity index (χ0) is 18.4. The van der Waals surface area contributed by atoms with E-state index in [0.717, 1.165) is 30.6 Å². The summed E-state index contributed by atoms with van der Waals surface area (Å²) in [7, 11) is 1.67. The number of benzene rings is 1. The first-order chi connectivity index (χ1) is 11.9. The lowest BCUT2D eigenvalue weighted by molar-refractivity contribution is -0.138. The standard InChI is InChI=1S/C20H30N2O3/c1-14(2)20(24)22-11-8-16(9-12-22)19(23)21-10-7-17-13-15(3)5-6-18(17)25-4/h5-6,13-14,16H,7-12H2,1-4H3,(H,21,23). The third-order valence-corrected chi connectivity index (χ3v) is 4.80. The predicted octanol–water partition coefficient (Wildman–Crippen LogP) is 2.56. The van der Waals surface area contributed by atoms with Crippen LogP contribution in [0.5, 0.6) is 5.75 Å². The van der Waals surface area contributed by atoms with Crippen LogP contribution in [0.1, 0.15) is 37.8 Å². The van der Waals surface area contributed by atoms with Crippen LogP contribution in [0.15, 0.2) is 18.2 Å². The number of amides is 2. The number of hydrogen-bond acceptors (Lipinski definition) is 3. The molecule has 1 heterocycles. The lowest BCUT2D eigenvalue weighted by Gasteiger charge is -2.32. The summed E-state index contributed by atoms with van der Waals surface area (Å²) in [5.41, 5.74) is 2.30. The van der Waals surface area contributed by atoms with Crippen molar-refractivity contribution < 1.29 is 14.3 Å². The number of carbonyl (C=O) groups excluding carboxylic acids is 2. The molecule has 1 aliphatic rings. The van der Waals surface area contributed by atoms with Gasteiger partial charge in [-0.25, -0.2) is 0 Å². The Kier molecular flexibility index (Phi) is 6.85. The van der Waals surface area contributed by atoms with Gasteiger partial charge in [0.25, 0.3) is 0 Å². The number of methoxy groups -OCH3 is 1. The second-order valence-electron chi connectivity index (χ2n) is 7.11. The molecule has 0 saturated carbocycles. The summed E-state index contributed by atoms with van der Waals surface area (Å²) < 4.78 is 5.38. The second kappa shape index (κ2) is 8.88. The van der Waals surface area contributed by atoms with E-state index >= 15 is 0 Å². The molecule has 1 saturated heterocycles. The summed E-state index contributed by atoms with van der Waals surface area (Å²) in [6, 6.07) is 6.09. The number of nitrogens with one attached hydrogen (secondary N) is 1. The van der Waals surface area contributed by atoms with Crippen LogP contribution in [0.3, 0.4) is 0 Å². The maximum atomic E-state index is 12.4. The molecule has 1 aromatic carbocycles. The molecule has 2 amide bonds. The number of hydrogen-bond donors (Lipinski definition) is 1. The number of aryl methyl sites for hydroxylation is 1. The number of piperidine rings is 1. The number of rotatable bonds is 6. The van der Waals surface area contributed by atoms with E-state index in [0.29, 0.717) is 19.6 Å². The van der Waals surface area contributed by atoms with Crippen molar-refractivity contribution in [2.45, 2.75) is 40.0 Å². The topological polar surface area (TPSA) is 58.6 Å². The Morgan fingerprint density at radius 3 is 2.56 bits per heavy atom. The molecule has 0 unspecified atom stereocenters. The first-order valence-electron chi connectivity index (χ1n) is 9.12. The van der Waals surface area contributed by atoms with Crippen LogP contribution in [0.25, 0.3) is 0 Å². The van der Waals surface area contributed by atoms with Gasteiger partial charge in [0.05, 0.1) is 7.11 Å². The van der Waals surface area contributed by atoms with Gasteiger partial charge in [-0.05, 0) is 37.8 Å². The summed E-state index contributed by atoms with van der Waals surface area (Å²) in [4.78, 5) is 26.3. The van der Waals surface area contributed by atoms with Crippen LogP contribution in [0.4, 0.5) is 0 Å². The molecule has 1 aliphatic heterocycles.